The van der Waals surface area contributed by atoms with E-state index >= 15 is 0 Å². The normalized spacial score (nSPS) is 24.4. The van der Waals surface area contributed by atoms with Crippen LogP contribution in [0.1, 0.15) is 64.2 Å². The van der Waals surface area contributed by atoms with Crippen molar-refractivity contribution >= 4 is 19.7 Å². The fourth-order valence-electron chi connectivity index (χ4n) is 3.27. The third kappa shape index (κ3) is 3.94. The van der Waals surface area contributed by atoms with E-state index in [-0.39, 0.29) is 0 Å². The van der Waals surface area contributed by atoms with Crippen LogP contribution in [-0.4, -0.2) is 32.4 Å². The quantitative estimate of drug-likeness (QED) is 0.800. The molecule has 0 aliphatic heterocycles. The summed E-state index contributed by atoms with van der Waals surface area (Å²) in [7, 11) is -6.96. The maximum atomic E-state index is 12.3. The maximum Gasteiger partial charge on any atom is 0.167 e. The second-order valence-corrected chi connectivity index (χ2v) is 10.9. The Kier molecular flexibility index (Phi) is 4.93. The van der Waals surface area contributed by atoms with Crippen LogP contribution < -0.4 is 0 Å². The largest absolute Gasteiger partial charge is 0.227 e. The average Bonchev–Trinajstić information content (AvgIpc) is 2.40. The fourth-order valence-corrected chi connectivity index (χ4v) is 8.74. The number of hydrogen-bond acceptors (Lipinski definition) is 4. The molecule has 0 N–H and O–H groups in total. The Morgan fingerprint density at radius 1 is 0.579 bits per heavy atom. The summed E-state index contributed by atoms with van der Waals surface area (Å²) in [4.78, 5) is 0. The van der Waals surface area contributed by atoms with Crippen molar-refractivity contribution in [1.29, 1.82) is 0 Å². The smallest absolute Gasteiger partial charge is 0.167 e. The van der Waals surface area contributed by atoms with Crippen LogP contribution in [-0.2, 0) is 19.7 Å². The number of hydrogen-bond donors (Lipinski definition) is 0. The molecule has 6 heteroatoms. The molecular weight excluding hydrogens is 284 g/mol. The van der Waals surface area contributed by atoms with Crippen molar-refractivity contribution in [2.45, 2.75) is 74.7 Å². The highest BCUT2D eigenvalue weighted by Gasteiger charge is 2.36. The summed E-state index contributed by atoms with van der Waals surface area (Å²) in [5, 5.41) is -1.45. The summed E-state index contributed by atoms with van der Waals surface area (Å²) in [6.45, 7) is 0. The molecule has 0 aromatic rings. The van der Waals surface area contributed by atoms with Gasteiger partial charge in [0, 0.05) is 0 Å². The molecule has 0 aromatic heterocycles. The van der Waals surface area contributed by atoms with Crippen molar-refractivity contribution < 1.29 is 16.8 Å². The first-order valence-corrected chi connectivity index (χ1v) is 10.8. The van der Waals surface area contributed by atoms with Crippen LogP contribution in [0.4, 0.5) is 0 Å². The summed E-state index contributed by atoms with van der Waals surface area (Å²) >= 11 is 0. The second kappa shape index (κ2) is 6.12. The molecule has 2 saturated carbocycles. The molecule has 112 valence electrons. The van der Waals surface area contributed by atoms with E-state index in [0.29, 0.717) is 25.7 Å². The molecular formula is C13H24O4S2. The van der Waals surface area contributed by atoms with E-state index in [1.807, 2.05) is 0 Å². The van der Waals surface area contributed by atoms with Gasteiger partial charge in [-0.3, -0.25) is 0 Å². The molecule has 0 unspecified atom stereocenters. The topological polar surface area (TPSA) is 68.3 Å². The number of sulfone groups is 2. The van der Waals surface area contributed by atoms with Gasteiger partial charge in [-0.2, -0.15) is 0 Å². The minimum atomic E-state index is -3.48. The van der Waals surface area contributed by atoms with Crippen LogP contribution in [0.5, 0.6) is 0 Å². The van der Waals surface area contributed by atoms with E-state index in [2.05, 4.69) is 0 Å². The highest BCUT2D eigenvalue weighted by Crippen LogP contribution is 2.29. The molecule has 0 radical (unpaired) electrons. The Morgan fingerprint density at radius 3 is 1.21 bits per heavy atom. The van der Waals surface area contributed by atoms with Crippen molar-refractivity contribution in [3.63, 3.8) is 0 Å². The summed E-state index contributed by atoms with van der Waals surface area (Å²) < 4.78 is 49.1. The molecule has 0 heterocycles. The van der Waals surface area contributed by atoms with Gasteiger partial charge >= 0.3 is 0 Å². The van der Waals surface area contributed by atoms with E-state index in [1.54, 1.807) is 0 Å². The molecule has 4 nitrogen and oxygen atoms in total. The SMILES string of the molecule is O=S(=O)(CS(=O)(=O)C1CCCCC1)C1CCCCC1. The van der Waals surface area contributed by atoms with Gasteiger partial charge in [0.15, 0.2) is 24.8 Å². The lowest BCUT2D eigenvalue weighted by Crippen LogP contribution is -2.35. The van der Waals surface area contributed by atoms with Crippen molar-refractivity contribution in [3.8, 4) is 0 Å². The Labute approximate surface area is 116 Å². The molecule has 19 heavy (non-hydrogen) atoms. The number of rotatable bonds is 4. The summed E-state index contributed by atoms with van der Waals surface area (Å²) in [5.74, 6) is 0. The zero-order valence-electron chi connectivity index (χ0n) is 11.4. The van der Waals surface area contributed by atoms with Crippen LogP contribution >= 0.6 is 0 Å². The Bertz CT molecular complexity index is 435. The minimum Gasteiger partial charge on any atom is -0.227 e. The molecule has 0 bridgehead atoms. The molecule has 2 fully saturated rings. The average molecular weight is 308 g/mol. The first-order valence-electron chi connectivity index (χ1n) is 7.35. The van der Waals surface area contributed by atoms with Gasteiger partial charge in [0.25, 0.3) is 0 Å². The lowest BCUT2D eigenvalue weighted by molar-refractivity contribution is 0.479. The van der Waals surface area contributed by atoms with Crippen molar-refractivity contribution in [2.24, 2.45) is 0 Å². The van der Waals surface area contributed by atoms with Gasteiger partial charge in [0.2, 0.25) is 0 Å². The van der Waals surface area contributed by atoms with E-state index in [9.17, 15) is 16.8 Å². The highest BCUT2D eigenvalue weighted by atomic mass is 32.3. The fraction of sp³-hybridized carbons (Fsp3) is 1.00. The molecule has 2 aliphatic rings. The van der Waals surface area contributed by atoms with E-state index in [0.717, 1.165) is 38.5 Å². The van der Waals surface area contributed by atoms with E-state index < -0.39 is 35.3 Å². The molecule has 2 aliphatic carbocycles. The zero-order chi connectivity index (χ0) is 13.9. The summed E-state index contributed by atoms with van der Waals surface area (Å²) in [5.41, 5.74) is 0. The molecule has 0 aromatic carbocycles. The molecule has 0 amide bonds. The predicted octanol–water partition coefficient (Wildman–Crippen LogP) is 2.44. The third-order valence-corrected chi connectivity index (χ3v) is 10.1. The molecule has 0 saturated heterocycles. The van der Waals surface area contributed by atoms with Crippen LogP contribution in [0.25, 0.3) is 0 Å². The van der Waals surface area contributed by atoms with Crippen molar-refractivity contribution in [3.05, 3.63) is 0 Å². The molecule has 0 atom stereocenters. The zero-order valence-corrected chi connectivity index (χ0v) is 13.0. The van der Waals surface area contributed by atoms with E-state index in [4.69, 9.17) is 0 Å². The first kappa shape index (κ1) is 15.3. The van der Waals surface area contributed by atoms with Crippen LogP contribution in [0, 0.1) is 0 Å². The van der Waals surface area contributed by atoms with Crippen LogP contribution in [0.2, 0.25) is 0 Å². The second-order valence-electron chi connectivity index (χ2n) is 5.96. The van der Waals surface area contributed by atoms with Crippen LogP contribution in [0.3, 0.4) is 0 Å². The Morgan fingerprint density at radius 2 is 0.895 bits per heavy atom. The van der Waals surface area contributed by atoms with Gasteiger partial charge in [0.05, 0.1) is 10.5 Å². The predicted molar refractivity (Wildman–Crippen MR) is 76.5 cm³/mol. The lowest BCUT2D eigenvalue weighted by Gasteiger charge is -2.25. The standard InChI is InChI=1S/C13H24O4S2/c14-18(15,12-7-3-1-4-8-12)11-19(16,17)13-9-5-2-6-10-13/h12-13H,1-11H2. The van der Waals surface area contributed by atoms with Crippen LogP contribution in [0.15, 0.2) is 0 Å². The van der Waals surface area contributed by atoms with Crippen molar-refractivity contribution in [1.82, 2.24) is 0 Å². The van der Waals surface area contributed by atoms with Gasteiger partial charge in [0.1, 0.15) is 0 Å². The van der Waals surface area contributed by atoms with Gasteiger partial charge in [-0.1, -0.05) is 38.5 Å². The summed E-state index contributed by atoms with van der Waals surface area (Å²) in [6.07, 6.45) is 8.35. The summed E-state index contributed by atoms with van der Waals surface area (Å²) in [6, 6.07) is 0. The van der Waals surface area contributed by atoms with Gasteiger partial charge in [-0.05, 0) is 25.7 Å². The third-order valence-electron chi connectivity index (χ3n) is 4.45. The maximum absolute atomic E-state index is 12.3. The van der Waals surface area contributed by atoms with Crippen molar-refractivity contribution in [2.75, 3.05) is 5.08 Å². The highest BCUT2D eigenvalue weighted by molar-refractivity contribution is 8.08. The molecule has 2 rings (SSSR count). The monoisotopic (exact) mass is 308 g/mol. The molecule has 0 spiro atoms. The van der Waals surface area contributed by atoms with Gasteiger partial charge in [-0.25, -0.2) is 16.8 Å². The van der Waals surface area contributed by atoms with E-state index in [1.165, 1.54) is 0 Å². The van der Waals surface area contributed by atoms with Gasteiger partial charge in [-0.15, -0.1) is 0 Å². The first-order chi connectivity index (χ1) is 8.92. The minimum absolute atomic E-state index is 0.417. The lowest BCUT2D eigenvalue weighted by atomic mass is 10.0. The Balaban J connectivity index is 2.05. The van der Waals surface area contributed by atoms with Gasteiger partial charge < -0.3 is 0 Å². The Hall–Kier alpha value is -0.100.